The first-order valence-electron chi connectivity index (χ1n) is 6.61. The highest BCUT2D eigenvalue weighted by atomic mass is 16.4. The van der Waals surface area contributed by atoms with Crippen molar-refractivity contribution >= 4 is 17.5 Å². The van der Waals surface area contributed by atoms with Crippen molar-refractivity contribution < 1.29 is 19.5 Å². The van der Waals surface area contributed by atoms with Crippen LogP contribution in [0.1, 0.15) is 47.0 Å². The molecule has 3 unspecified atom stereocenters. The first-order valence-corrected chi connectivity index (χ1v) is 6.61. The second-order valence-electron chi connectivity index (χ2n) is 5.90. The number of carboxylic acid groups (broad SMARTS) is 1. The van der Waals surface area contributed by atoms with E-state index in [-0.39, 0.29) is 29.8 Å². The highest BCUT2D eigenvalue weighted by molar-refractivity contribution is 5.98. The number of hydrogen-bond donors (Lipinski definition) is 1. The molecule has 106 valence electrons. The molecule has 0 aromatic heterocycles. The normalized spacial score (nSPS) is 30.2. The van der Waals surface area contributed by atoms with Crippen LogP contribution >= 0.6 is 0 Å². The SMILES string of the molecule is CC(=O)C1CC(CCC(=O)O)C(=O)C1(C)C=C(C)C. The van der Waals surface area contributed by atoms with E-state index in [9.17, 15) is 14.4 Å². The molecule has 0 aliphatic heterocycles. The molecule has 0 bridgehead atoms. The van der Waals surface area contributed by atoms with Gasteiger partial charge in [-0.15, -0.1) is 0 Å². The van der Waals surface area contributed by atoms with Gasteiger partial charge in [0.25, 0.3) is 0 Å². The summed E-state index contributed by atoms with van der Waals surface area (Å²) in [7, 11) is 0. The Balaban J connectivity index is 3.01. The van der Waals surface area contributed by atoms with Gasteiger partial charge in [-0.3, -0.25) is 14.4 Å². The number of carbonyl (C=O) groups is 3. The maximum absolute atomic E-state index is 12.5. The standard InChI is InChI=1S/C15H22O4/c1-9(2)8-15(4)12(10(3)16)7-11(14(15)19)5-6-13(17)18/h8,11-12H,5-7H2,1-4H3,(H,17,18). The number of carbonyl (C=O) groups excluding carboxylic acids is 2. The number of allylic oxidation sites excluding steroid dienone is 2. The van der Waals surface area contributed by atoms with Crippen molar-refractivity contribution in [3.05, 3.63) is 11.6 Å². The Kier molecular flexibility index (Phi) is 4.66. The van der Waals surface area contributed by atoms with Crippen LogP contribution in [0.2, 0.25) is 0 Å². The summed E-state index contributed by atoms with van der Waals surface area (Å²) in [4.78, 5) is 34.9. The lowest BCUT2D eigenvalue weighted by molar-refractivity contribution is -0.137. The van der Waals surface area contributed by atoms with Crippen molar-refractivity contribution in [1.82, 2.24) is 0 Å². The Morgan fingerprint density at radius 1 is 1.37 bits per heavy atom. The summed E-state index contributed by atoms with van der Waals surface area (Å²) in [6, 6.07) is 0. The molecule has 1 N–H and O–H groups in total. The maximum atomic E-state index is 12.5. The van der Waals surface area contributed by atoms with Crippen molar-refractivity contribution in [1.29, 1.82) is 0 Å². The average Bonchev–Trinajstić information content (AvgIpc) is 2.48. The number of aliphatic carboxylic acids is 1. The van der Waals surface area contributed by atoms with Gasteiger partial charge in [0.2, 0.25) is 0 Å². The van der Waals surface area contributed by atoms with Crippen molar-refractivity contribution in [2.75, 3.05) is 0 Å². The van der Waals surface area contributed by atoms with Gasteiger partial charge < -0.3 is 5.11 Å². The third-order valence-electron chi connectivity index (χ3n) is 3.93. The Hall–Kier alpha value is -1.45. The van der Waals surface area contributed by atoms with Gasteiger partial charge in [0.1, 0.15) is 11.6 Å². The van der Waals surface area contributed by atoms with E-state index in [0.717, 1.165) is 5.57 Å². The molecule has 3 atom stereocenters. The van der Waals surface area contributed by atoms with Crippen molar-refractivity contribution in [2.24, 2.45) is 17.3 Å². The minimum atomic E-state index is -0.900. The monoisotopic (exact) mass is 266 g/mol. The summed E-state index contributed by atoms with van der Waals surface area (Å²) in [5.41, 5.74) is 0.231. The molecule has 1 aliphatic carbocycles. The number of rotatable bonds is 5. The minimum absolute atomic E-state index is 0.00572. The fourth-order valence-electron chi connectivity index (χ4n) is 3.15. The molecule has 1 aliphatic rings. The second kappa shape index (κ2) is 5.68. The molecule has 1 saturated carbocycles. The maximum Gasteiger partial charge on any atom is 0.303 e. The lowest BCUT2D eigenvalue weighted by Gasteiger charge is -2.25. The lowest BCUT2D eigenvalue weighted by atomic mass is 9.76. The van der Waals surface area contributed by atoms with Crippen LogP contribution in [-0.2, 0) is 14.4 Å². The van der Waals surface area contributed by atoms with Gasteiger partial charge in [-0.2, -0.15) is 0 Å². The average molecular weight is 266 g/mol. The zero-order valence-corrected chi connectivity index (χ0v) is 12.0. The van der Waals surface area contributed by atoms with Gasteiger partial charge >= 0.3 is 5.97 Å². The summed E-state index contributed by atoms with van der Waals surface area (Å²) < 4.78 is 0. The van der Waals surface area contributed by atoms with Crippen LogP contribution in [0, 0.1) is 17.3 Å². The first kappa shape index (κ1) is 15.6. The van der Waals surface area contributed by atoms with E-state index in [4.69, 9.17) is 5.11 Å². The third kappa shape index (κ3) is 3.31. The van der Waals surface area contributed by atoms with E-state index >= 15 is 0 Å². The summed E-state index contributed by atoms with van der Waals surface area (Å²) in [5.74, 6) is -1.52. The van der Waals surface area contributed by atoms with E-state index in [1.807, 2.05) is 19.9 Å². The minimum Gasteiger partial charge on any atom is -0.481 e. The van der Waals surface area contributed by atoms with Gasteiger partial charge in [0, 0.05) is 18.3 Å². The van der Waals surface area contributed by atoms with Gasteiger partial charge in [-0.1, -0.05) is 11.6 Å². The number of ketones is 2. The molecule has 0 aromatic carbocycles. The fraction of sp³-hybridized carbons (Fsp3) is 0.667. The van der Waals surface area contributed by atoms with Crippen LogP contribution in [0.4, 0.5) is 0 Å². The zero-order valence-electron chi connectivity index (χ0n) is 12.0. The topological polar surface area (TPSA) is 71.4 Å². The van der Waals surface area contributed by atoms with Gasteiger partial charge in [0.15, 0.2) is 0 Å². The van der Waals surface area contributed by atoms with Crippen LogP contribution in [0.3, 0.4) is 0 Å². The van der Waals surface area contributed by atoms with Crippen molar-refractivity contribution in [3.8, 4) is 0 Å². The number of hydrogen-bond acceptors (Lipinski definition) is 3. The highest BCUT2D eigenvalue weighted by Crippen LogP contribution is 2.47. The van der Waals surface area contributed by atoms with Crippen LogP contribution in [0.5, 0.6) is 0 Å². The molecule has 0 spiro atoms. The molecule has 0 heterocycles. The summed E-state index contributed by atoms with van der Waals surface area (Å²) in [6.07, 6.45) is 2.64. The van der Waals surface area contributed by atoms with Gasteiger partial charge in [0.05, 0.1) is 5.41 Å². The highest BCUT2D eigenvalue weighted by Gasteiger charge is 2.51. The van der Waals surface area contributed by atoms with Crippen LogP contribution in [-0.4, -0.2) is 22.6 Å². The molecule has 4 nitrogen and oxygen atoms in total. The Bertz CT molecular complexity index is 431. The molecule has 0 saturated heterocycles. The molecule has 0 amide bonds. The van der Waals surface area contributed by atoms with E-state index < -0.39 is 11.4 Å². The van der Waals surface area contributed by atoms with Crippen LogP contribution < -0.4 is 0 Å². The van der Waals surface area contributed by atoms with E-state index in [0.29, 0.717) is 12.8 Å². The summed E-state index contributed by atoms with van der Waals surface area (Å²) in [6.45, 7) is 7.12. The molecule has 1 fully saturated rings. The fourth-order valence-corrected chi connectivity index (χ4v) is 3.15. The van der Waals surface area contributed by atoms with E-state index in [1.54, 1.807) is 6.92 Å². The predicted molar refractivity (Wildman–Crippen MR) is 71.7 cm³/mol. The molecule has 0 radical (unpaired) electrons. The molecular weight excluding hydrogens is 244 g/mol. The lowest BCUT2D eigenvalue weighted by Crippen LogP contribution is -2.32. The quantitative estimate of drug-likeness (QED) is 0.776. The Morgan fingerprint density at radius 2 is 1.95 bits per heavy atom. The first-order chi connectivity index (χ1) is 8.68. The van der Waals surface area contributed by atoms with Gasteiger partial charge in [-0.25, -0.2) is 0 Å². The zero-order chi connectivity index (χ0) is 14.8. The summed E-state index contributed by atoms with van der Waals surface area (Å²) in [5, 5.41) is 8.72. The Morgan fingerprint density at radius 3 is 2.37 bits per heavy atom. The molecule has 19 heavy (non-hydrogen) atoms. The van der Waals surface area contributed by atoms with Gasteiger partial charge in [-0.05, 0) is 40.5 Å². The van der Waals surface area contributed by atoms with Crippen molar-refractivity contribution in [3.63, 3.8) is 0 Å². The molecular formula is C15H22O4. The van der Waals surface area contributed by atoms with Crippen LogP contribution in [0.15, 0.2) is 11.6 Å². The molecule has 0 aromatic rings. The second-order valence-corrected chi connectivity index (χ2v) is 5.90. The van der Waals surface area contributed by atoms with E-state index in [1.165, 1.54) is 6.92 Å². The van der Waals surface area contributed by atoms with Crippen LogP contribution in [0.25, 0.3) is 0 Å². The molecule has 4 heteroatoms. The predicted octanol–water partition coefficient (Wildman–Crippen LogP) is 2.62. The number of carboxylic acids is 1. The molecule has 1 rings (SSSR count). The van der Waals surface area contributed by atoms with Crippen molar-refractivity contribution in [2.45, 2.75) is 47.0 Å². The smallest absolute Gasteiger partial charge is 0.303 e. The Labute approximate surface area is 113 Å². The van der Waals surface area contributed by atoms with E-state index in [2.05, 4.69) is 0 Å². The largest absolute Gasteiger partial charge is 0.481 e. The third-order valence-corrected chi connectivity index (χ3v) is 3.93. The summed E-state index contributed by atoms with van der Waals surface area (Å²) >= 11 is 0. The number of Topliss-reactive ketones (excluding diaryl/α,β-unsaturated/α-hetero) is 2.